The van der Waals surface area contributed by atoms with Crippen LogP contribution in [-0.4, -0.2) is 59.8 Å². The zero-order chi connectivity index (χ0) is 19.6. The van der Waals surface area contributed by atoms with Gasteiger partial charge in [0.2, 0.25) is 11.8 Å². The van der Waals surface area contributed by atoms with Crippen molar-refractivity contribution >= 4 is 5.91 Å². The molecule has 2 aliphatic rings. The first kappa shape index (κ1) is 18.9. The molecule has 1 saturated heterocycles. The summed E-state index contributed by atoms with van der Waals surface area (Å²) in [5, 5.41) is 4.31. The third kappa shape index (κ3) is 3.73. The van der Waals surface area contributed by atoms with Crippen LogP contribution in [-0.2, 0) is 10.2 Å². The Hall–Kier alpha value is -2.48. The predicted octanol–water partition coefficient (Wildman–Crippen LogP) is 2.56. The van der Waals surface area contributed by atoms with Gasteiger partial charge in [0.25, 0.3) is 5.91 Å². The Morgan fingerprint density at radius 1 is 1.36 bits per heavy atom. The van der Waals surface area contributed by atoms with Gasteiger partial charge in [0.05, 0.1) is 18.1 Å². The number of rotatable bonds is 7. The Morgan fingerprint density at radius 2 is 2.21 bits per heavy atom. The lowest BCUT2D eigenvalue weighted by molar-refractivity contribution is 0.0566. The van der Waals surface area contributed by atoms with E-state index in [0.29, 0.717) is 42.9 Å². The fourth-order valence-corrected chi connectivity index (χ4v) is 3.86. The SMILES string of the molecule is COCCC1(c2noc(C3CC3)n2)CCCN(C(=O)c2ccc(OC)nc2)C1. The van der Waals surface area contributed by atoms with Crippen molar-refractivity contribution in [3.8, 4) is 5.88 Å². The minimum absolute atomic E-state index is 0.0393. The number of piperidine rings is 1. The van der Waals surface area contributed by atoms with Crippen molar-refractivity contribution < 1.29 is 18.8 Å². The first-order chi connectivity index (χ1) is 13.6. The molecule has 8 heteroatoms. The van der Waals surface area contributed by atoms with Gasteiger partial charge in [0, 0.05) is 45.0 Å². The zero-order valence-corrected chi connectivity index (χ0v) is 16.4. The van der Waals surface area contributed by atoms with Gasteiger partial charge >= 0.3 is 0 Å². The molecule has 0 spiro atoms. The summed E-state index contributed by atoms with van der Waals surface area (Å²) in [7, 11) is 3.24. The fraction of sp³-hybridized carbons (Fsp3) is 0.600. The number of nitrogens with zero attached hydrogens (tertiary/aromatic N) is 4. The van der Waals surface area contributed by atoms with Crippen LogP contribution >= 0.6 is 0 Å². The number of carbonyl (C=O) groups excluding carboxylic acids is 1. The lowest BCUT2D eigenvalue weighted by Crippen LogP contribution is -2.49. The van der Waals surface area contributed by atoms with Gasteiger partial charge < -0.3 is 18.9 Å². The molecule has 1 amide bonds. The molecule has 0 aromatic carbocycles. The van der Waals surface area contributed by atoms with E-state index in [9.17, 15) is 4.79 Å². The van der Waals surface area contributed by atoms with E-state index < -0.39 is 0 Å². The lowest BCUT2D eigenvalue weighted by Gasteiger charge is -2.41. The smallest absolute Gasteiger partial charge is 0.255 e. The van der Waals surface area contributed by atoms with Crippen molar-refractivity contribution in [2.75, 3.05) is 33.9 Å². The normalized spacial score (nSPS) is 22.3. The van der Waals surface area contributed by atoms with E-state index in [2.05, 4.69) is 10.1 Å². The maximum Gasteiger partial charge on any atom is 0.255 e. The molecule has 0 N–H and O–H groups in total. The largest absolute Gasteiger partial charge is 0.481 e. The molecule has 28 heavy (non-hydrogen) atoms. The Kier molecular flexibility index (Phi) is 5.30. The van der Waals surface area contributed by atoms with Crippen molar-refractivity contribution in [2.24, 2.45) is 0 Å². The number of amides is 1. The van der Waals surface area contributed by atoms with Crippen LogP contribution < -0.4 is 4.74 Å². The summed E-state index contributed by atoms with van der Waals surface area (Å²) in [6.07, 6.45) is 6.32. The number of methoxy groups -OCH3 is 2. The Balaban J connectivity index is 1.56. The van der Waals surface area contributed by atoms with Crippen LogP contribution in [0.2, 0.25) is 0 Å². The van der Waals surface area contributed by atoms with Crippen LogP contribution in [0.25, 0.3) is 0 Å². The Bertz CT molecular complexity index is 818. The Morgan fingerprint density at radius 3 is 2.89 bits per heavy atom. The number of ether oxygens (including phenoxy) is 2. The highest BCUT2D eigenvalue weighted by atomic mass is 16.5. The van der Waals surface area contributed by atoms with Crippen LogP contribution in [0.1, 0.15) is 60.1 Å². The van der Waals surface area contributed by atoms with E-state index in [0.717, 1.165) is 38.0 Å². The minimum atomic E-state index is -0.347. The first-order valence-corrected chi connectivity index (χ1v) is 9.77. The first-order valence-electron chi connectivity index (χ1n) is 9.77. The monoisotopic (exact) mass is 386 g/mol. The van der Waals surface area contributed by atoms with Crippen molar-refractivity contribution in [1.29, 1.82) is 0 Å². The highest BCUT2D eigenvalue weighted by molar-refractivity contribution is 5.94. The number of pyridine rings is 1. The summed E-state index contributed by atoms with van der Waals surface area (Å²) in [5.41, 5.74) is 0.204. The molecule has 1 unspecified atom stereocenters. The van der Waals surface area contributed by atoms with Crippen LogP contribution in [0, 0.1) is 0 Å². The maximum absolute atomic E-state index is 13.1. The van der Waals surface area contributed by atoms with Gasteiger partial charge in [-0.25, -0.2) is 4.98 Å². The van der Waals surface area contributed by atoms with Gasteiger partial charge in [-0.3, -0.25) is 4.79 Å². The van der Waals surface area contributed by atoms with Crippen LogP contribution in [0.3, 0.4) is 0 Å². The molecule has 2 aromatic rings. The molecule has 4 rings (SSSR count). The number of likely N-dealkylation sites (tertiary alicyclic amines) is 1. The fourth-order valence-electron chi connectivity index (χ4n) is 3.86. The molecule has 0 bridgehead atoms. The molecule has 1 aliphatic heterocycles. The van der Waals surface area contributed by atoms with Gasteiger partial charge in [0.15, 0.2) is 5.82 Å². The second kappa shape index (κ2) is 7.87. The molecule has 8 nitrogen and oxygen atoms in total. The second-order valence-corrected chi connectivity index (χ2v) is 7.67. The van der Waals surface area contributed by atoms with Crippen LogP contribution in [0.15, 0.2) is 22.9 Å². The highest BCUT2D eigenvalue weighted by Gasteiger charge is 2.43. The number of aromatic nitrogens is 3. The summed E-state index contributed by atoms with van der Waals surface area (Å²) in [6, 6.07) is 3.45. The molecule has 2 aromatic heterocycles. The molecule has 0 radical (unpaired) electrons. The standard InChI is InChI=1S/C20H26N4O4/c1-26-11-9-20(19-22-17(28-23-19)14-4-5-14)8-3-10-24(13-20)18(25)15-6-7-16(27-2)21-12-15/h6-7,12,14H,3-5,8-11,13H2,1-2H3. The van der Waals surface area contributed by atoms with Gasteiger partial charge in [0.1, 0.15) is 0 Å². The number of carbonyl (C=O) groups is 1. The maximum atomic E-state index is 13.1. The van der Waals surface area contributed by atoms with E-state index in [1.54, 1.807) is 32.5 Å². The number of hydrogen-bond donors (Lipinski definition) is 0. The summed E-state index contributed by atoms with van der Waals surface area (Å²) in [6.45, 7) is 1.83. The molecule has 2 fully saturated rings. The average Bonchev–Trinajstić information content (AvgIpc) is 3.48. The Labute approximate surface area is 164 Å². The number of hydrogen-bond acceptors (Lipinski definition) is 7. The highest BCUT2D eigenvalue weighted by Crippen LogP contribution is 2.41. The van der Waals surface area contributed by atoms with Gasteiger partial charge in [-0.2, -0.15) is 4.98 Å². The second-order valence-electron chi connectivity index (χ2n) is 7.67. The van der Waals surface area contributed by atoms with E-state index >= 15 is 0 Å². The molecule has 150 valence electrons. The molecular formula is C20H26N4O4. The summed E-state index contributed by atoms with van der Waals surface area (Å²) < 4.78 is 16.0. The van der Waals surface area contributed by atoms with E-state index in [-0.39, 0.29) is 11.3 Å². The van der Waals surface area contributed by atoms with Crippen molar-refractivity contribution in [3.63, 3.8) is 0 Å². The topological polar surface area (TPSA) is 90.6 Å². The van der Waals surface area contributed by atoms with Crippen molar-refractivity contribution in [1.82, 2.24) is 20.0 Å². The van der Waals surface area contributed by atoms with E-state index in [1.165, 1.54) is 0 Å². The van der Waals surface area contributed by atoms with Crippen molar-refractivity contribution in [3.05, 3.63) is 35.6 Å². The van der Waals surface area contributed by atoms with Gasteiger partial charge in [-0.15, -0.1) is 0 Å². The van der Waals surface area contributed by atoms with E-state index in [1.807, 2.05) is 4.90 Å². The third-order valence-electron chi connectivity index (χ3n) is 5.68. The molecule has 1 aliphatic carbocycles. The lowest BCUT2D eigenvalue weighted by atomic mass is 9.76. The van der Waals surface area contributed by atoms with E-state index in [4.69, 9.17) is 19.0 Å². The predicted molar refractivity (Wildman–Crippen MR) is 100 cm³/mol. The van der Waals surface area contributed by atoms with Crippen molar-refractivity contribution in [2.45, 2.75) is 43.4 Å². The van der Waals surface area contributed by atoms with Gasteiger partial charge in [-0.1, -0.05) is 5.16 Å². The van der Waals surface area contributed by atoms with Crippen LogP contribution in [0.4, 0.5) is 0 Å². The summed E-state index contributed by atoms with van der Waals surface area (Å²) in [4.78, 5) is 23.8. The zero-order valence-electron chi connectivity index (χ0n) is 16.4. The summed E-state index contributed by atoms with van der Waals surface area (Å²) in [5.74, 6) is 2.30. The third-order valence-corrected chi connectivity index (χ3v) is 5.68. The summed E-state index contributed by atoms with van der Waals surface area (Å²) >= 11 is 0. The minimum Gasteiger partial charge on any atom is -0.481 e. The van der Waals surface area contributed by atoms with Gasteiger partial charge in [-0.05, 0) is 38.2 Å². The molecule has 1 saturated carbocycles. The molecule has 3 heterocycles. The molecular weight excluding hydrogens is 360 g/mol. The average molecular weight is 386 g/mol. The quantitative estimate of drug-likeness (QED) is 0.722. The van der Waals surface area contributed by atoms with Crippen LogP contribution in [0.5, 0.6) is 5.88 Å². The molecule has 1 atom stereocenters.